The highest BCUT2D eigenvalue weighted by atomic mass is 32.2. The summed E-state index contributed by atoms with van der Waals surface area (Å²) in [5.74, 6) is 5.21. The van der Waals surface area contributed by atoms with Crippen LogP contribution in [0.3, 0.4) is 0 Å². The Kier molecular flexibility index (Phi) is 5.11. The van der Waals surface area contributed by atoms with Crippen LogP contribution in [0, 0.1) is 6.92 Å². The van der Waals surface area contributed by atoms with Crippen molar-refractivity contribution < 1.29 is 0 Å². The number of aryl methyl sites for hydroxylation is 1. The maximum Gasteiger partial charge on any atom is 0.132 e. The highest BCUT2D eigenvalue weighted by Crippen LogP contribution is 2.21. The summed E-state index contributed by atoms with van der Waals surface area (Å²) in [6.07, 6.45) is 3.56. The van der Waals surface area contributed by atoms with Gasteiger partial charge in [0.15, 0.2) is 0 Å². The first-order chi connectivity index (χ1) is 8.78. The third kappa shape index (κ3) is 4.05. The van der Waals surface area contributed by atoms with Crippen molar-refractivity contribution in [3.63, 3.8) is 0 Å². The lowest BCUT2D eigenvalue weighted by atomic mass is 10.1. The molecule has 2 rings (SSSR count). The minimum Gasteiger partial charge on any atom is -0.370 e. The number of nitrogens with zero attached hydrogens (tertiary/aromatic N) is 2. The largest absolute Gasteiger partial charge is 0.370 e. The van der Waals surface area contributed by atoms with E-state index in [0.29, 0.717) is 6.04 Å². The number of thioether (sulfide) groups is 1. The average molecular weight is 266 g/mol. The van der Waals surface area contributed by atoms with Gasteiger partial charge >= 0.3 is 0 Å². The minimum atomic E-state index is 0.569. The molecule has 0 bridgehead atoms. The molecule has 1 aromatic heterocycles. The van der Waals surface area contributed by atoms with Gasteiger partial charge in [-0.25, -0.2) is 9.97 Å². The molecule has 0 aromatic carbocycles. The van der Waals surface area contributed by atoms with Gasteiger partial charge < -0.3 is 10.6 Å². The van der Waals surface area contributed by atoms with Crippen molar-refractivity contribution in [2.75, 3.05) is 28.7 Å². The first kappa shape index (κ1) is 13.5. The van der Waals surface area contributed by atoms with Gasteiger partial charge in [0.2, 0.25) is 0 Å². The van der Waals surface area contributed by atoms with E-state index in [4.69, 9.17) is 0 Å². The molecule has 100 valence electrons. The fourth-order valence-corrected chi connectivity index (χ4v) is 3.14. The SMILES string of the molecule is CCCNc1cc(NC2CCSCC2)nc(C)n1. The predicted molar refractivity (Wildman–Crippen MR) is 79.5 cm³/mol. The van der Waals surface area contributed by atoms with E-state index in [1.165, 1.54) is 24.3 Å². The first-order valence-corrected chi connectivity index (χ1v) is 7.87. The maximum absolute atomic E-state index is 4.47. The molecule has 5 heteroatoms. The van der Waals surface area contributed by atoms with Gasteiger partial charge in [0.1, 0.15) is 17.5 Å². The molecule has 0 atom stereocenters. The van der Waals surface area contributed by atoms with Gasteiger partial charge in [-0.2, -0.15) is 11.8 Å². The van der Waals surface area contributed by atoms with E-state index in [1.807, 2.05) is 24.8 Å². The van der Waals surface area contributed by atoms with Crippen molar-refractivity contribution in [2.24, 2.45) is 0 Å². The van der Waals surface area contributed by atoms with E-state index in [9.17, 15) is 0 Å². The lowest BCUT2D eigenvalue weighted by molar-refractivity contribution is 0.663. The quantitative estimate of drug-likeness (QED) is 0.858. The highest BCUT2D eigenvalue weighted by molar-refractivity contribution is 7.99. The van der Waals surface area contributed by atoms with E-state index >= 15 is 0 Å². The van der Waals surface area contributed by atoms with Gasteiger partial charge in [0.25, 0.3) is 0 Å². The zero-order chi connectivity index (χ0) is 12.8. The molecule has 1 aromatic rings. The number of nitrogens with one attached hydrogen (secondary N) is 2. The molecule has 1 aliphatic heterocycles. The second kappa shape index (κ2) is 6.83. The summed E-state index contributed by atoms with van der Waals surface area (Å²) in [7, 11) is 0. The molecule has 0 unspecified atom stereocenters. The highest BCUT2D eigenvalue weighted by Gasteiger charge is 2.14. The van der Waals surface area contributed by atoms with Crippen LogP contribution in [-0.4, -0.2) is 34.1 Å². The molecule has 0 saturated carbocycles. The normalized spacial score (nSPS) is 16.6. The van der Waals surface area contributed by atoms with E-state index < -0.39 is 0 Å². The lowest BCUT2D eigenvalue weighted by Crippen LogP contribution is -2.25. The molecule has 1 fully saturated rings. The summed E-state index contributed by atoms with van der Waals surface area (Å²) in [6, 6.07) is 2.59. The van der Waals surface area contributed by atoms with Crippen LogP contribution in [0.4, 0.5) is 11.6 Å². The molecule has 1 aliphatic rings. The Balaban J connectivity index is 1.99. The summed E-state index contributed by atoms with van der Waals surface area (Å²) < 4.78 is 0. The molecule has 0 amide bonds. The smallest absolute Gasteiger partial charge is 0.132 e. The van der Waals surface area contributed by atoms with Crippen molar-refractivity contribution in [3.8, 4) is 0 Å². The second-order valence-electron chi connectivity index (χ2n) is 4.64. The molecule has 0 aliphatic carbocycles. The summed E-state index contributed by atoms with van der Waals surface area (Å²) in [5.41, 5.74) is 0. The number of rotatable bonds is 5. The van der Waals surface area contributed by atoms with Crippen molar-refractivity contribution >= 4 is 23.4 Å². The maximum atomic E-state index is 4.47. The van der Waals surface area contributed by atoms with Gasteiger partial charge in [-0.15, -0.1) is 0 Å². The third-order valence-corrected chi connectivity index (χ3v) is 4.02. The third-order valence-electron chi connectivity index (χ3n) is 2.97. The molecule has 4 nitrogen and oxygen atoms in total. The minimum absolute atomic E-state index is 0.569. The molecule has 2 heterocycles. The van der Waals surface area contributed by atoms with Crippen LogP contribution in [-0.2, 0) is 0 Å². The molecular weight excluding hydrogens is 244 g/mol. The zero-order valence-corrected chi connectivity index (χ0v) is 12.0. The standard InChI is InChI=1S/C13H22N4S/c1-3-6-14-12-9-13(16-10(2)15-12)17-11-4-7-18-8-5-11/h9,11H,3-8H2,1-2H3,(H2,14,15,16,17). The lowest BCUT2D eigenvalue weighted by Gasteiger charge is -2.23. The Labute approximate surface area is 113 Å². The fraction of sp³-hybridized carbons (Fsp3) is 0.692. The summed E-state index contributed by atoms with van der Waals surface area (Å²) in [4.78, 5) is 8.87. The van der Waals surface area contributed by atoms with Crippen LogP contribution >= 0.6 is 11.8 Å². The van der Waals surface area contributed by atoms with Gasteiger partial charge in [-0.1, -0.05) is 6.92 Å². The van der Waals surface area contributed by atoms with E-state index in [0.717, 1.165) is 30.4 Å². The second-order valence-corrected chi connectivity index (χ2v) is 5.87. The molecular formula is C13H22N4S. The van der Waals surface area contributed by atoms with Crippen LogP contribution in [0.15, 0.2) is 6.07 Å². The number of aromatic nitrogens is 2. The van der Waals surface area contributed by atoms with Gasteiger partial charge in [-0.3, -0.25) is 0 Å². The van der Waals surface area contributed by atoms with Gasteiger partial charge in [-0.05, 0) is 37.7 Å². The number of hydrogen-bond acceptors (Lipinski definition) is 5. The number of anilines is 2. The Hall–Kier alpha value is -0.970. The van der Waals surface area contributed by atoms with Crippen molar-refractivity contribution in [3.05, 3.63) is 11.9 Å². The van der Waals surface area contributed by atoms with Crippen molar-refractivity contribution in [2.45, 2.75) is 39.2 Å². The molecule has 18 heavy (non-hydrogen) atoms. The van der Waals surface area contributed by atoms with E-state index in [-0.39, 0.29) is 0 Å². The topological polar surface area (TPSA) is 49.8 Å². The van der Waals surface area contributed by atoms with Crippen molar-refractivity contribution in [1.29, 1.82) is 0 Å². The summed E-state index contributed by atoms with van der Waals surface area (Å²) in [5, 5.41) is 6.85. The molecule has 0 spiro atoms. The number of hydrogen-bond donors (Lipinski definition) is 2. The van der Waals surface area contributed by atoms with Crippen LogP contribution in [0.5, 0.6) is 0 Å². The molecule has 1 saturated heterocycles. The van der Waals surface area contributed by atoms with Crippen LogP contribution in [0.25, 0.3) is 0 Å². The van der Waals surface area contributed by atoms with Gasteiger partial charge in [0, 0.05) is 18.7 Å². The molecule has 2 N–H and O–H groups in total. The fourth-order valence-electron chi connectivity index (χ4n) is 2.04. The average Bonchev–Trinajstić information content (AvgIpc) is 2.37. The first-order valence-electron chi connectivity index (χ1n) is 6.71. The Morgan fingerprint density at radius 3 is 2.72 bits per heavy atom. The van der Waals surface area contributed by atoms with E-state index in [2.05, 4.69) is 27.5 Å². The predicted octanol–water partition coefficient (Wildman–Crippen LogP) is 2.91. The van der Waals surface area contributed by atoms with Crippen LogP contribution < -0.4 is 10.6 Å². The van der Waals surface area contributed by atoms with Crippen molar-refractivity contribution in [1.82, 2.24) is 9.97 Å². The van der Waals surface area contributed by atoms with Crippen LogP contribution in [0.2, 0.25) is 0 Å². The summed E-state index contributed by atoms with van der Waals surface area (Å²) in [6.45, 7) is 5.05. The van der Waals surface area contributed by atoms with Crippen LogP contribution in [0.1, 0.15) is 32.0 Å². The zero-order valence-electron chi connectivity index (χ0n) is 11.2. The summed E-state index contributed by atoms with van der Waals surface area (Å²) >= 11 is 2.04. The van der Waals surface area contributed by atoms with E-state index in [1.54, 1.807) is 0 Å². The Bertz CT molecular complexity index is 377. The molecule has 0 radical (unpaired) electrons. The van der Waals surface area contributed by atoms with Gasteiger partial charge in [0.05, 0.1) is 0 Å². The Morgan fingerprint density at radius 1 is 1.28 bits per heavy atom. The monoisotopic (exact) mass is 266 g/mol. The Morgan fingerprint density at radius 2 is 2.00 bits per heavy atom.